The summed E-state index contributed by atoms with van der Waals surface area (Å²) in [5, 5.41) is 8.64. The van der Waals surface area contributed by atoms with Gasteiger partial charge in [-0.25, -0.2) is 9.18 Å². The van der Waals surface area contributed by atoms with Crippen LogP contribution in [0.3, 0.4) is 0 Å². The first-order valence-corrected chi connectivity index (χ1v) is 3.38. The van der Waals surface area contributed by atoms with E-state index in [4.69, 9.17) is 5.11 Å². The van der Waals surface area contributed by atoms with Crippen LogP contribution in [0.25, 0.3) is 0 Å². The smallest absolute Gasteiger partial charge is 0.349 e. The fraction of sp³-hybridized carbons (Fsp3) is 0.571. The number of aliphatic hydroxyl groups is 1. The van der Waals surface area contributed by atoms with E-state index in [9.17, 15) is 9.18 Å². The Morgan fingerprint density at radius 2 is 2.55 bits per heavy atom. The standard InChI is InChI=1S/C7H7FO3/c8-7-2-1-4(7)5(3-9)11-6(7)10/h1-2,4-5,9H,3H2/t4-,5-,7+/m1/s1. The molecule has 0 spiro atoms. The number of hydrogen-bond acceptors (Lipinski definition) is 3. The molecule has 1 fully saturated rings. The molecule has 3 nitrogen and oxygen atoms in total. The number of halogens is 1. The first-order chi connectivity index (χ1) is 5.18. The maximum absolute atomic E-state index is 13.2. The molecule has 0 radical (unpaired) electrons. The monoisotopic (exact) mass is 158 g/mol. The van der Waals surface area contributed by atoms with Gasteiger partial charge in [0.2, 0.25) is 5.67 Å². The SMILES string of the molecule is O=C1O[C@H](CO)[C@H]2C=C[C@@]12F. The topological polar surface area (TPSA) is 46.5 Å². The van der Waals surface area contributed by atoms with Crippen LogP contribution < -0.4 is 0 Å². The number of ether oxygens (including phenoxy) is 1. The lowest BCUT2D eigenvalue weighted by Crippen LogP contribution is -2.41. The molecule has 3 atom stereocenters. The highest BCUT2D eigenvalue weighted by molar-refractivity contribution is 5.87. The largest absolute Gasteiger partial charge is 0.457 e. The lowest BCUT2D eigenvalue weighted by atomic mass is 9.78. The van der Waals surface area contributed by atoms with Gasteiger partial charge < -0.3 is 9.84 Å². The third kappa shape index (κ3) is 0.625. The molecule has 0 saturated carbocycles. The number of fused-ring (bicyclic) bond motifs is 1. The van der Waals surface area contributed by atoms with E-state index in [2.05, 4.69) is 4.74 Å². The number of alkyl halides is 1. The molecule has 1 heterocycles. The van der Waals surface area contributed by atoms with Crippen molar-refractivity contribution in [1.29, 1.82) is 0 Å². The summed E-state index contributed by atoms with van der Waals surface area (Å²) >= 11 is 0. The van der Waals surface area contributed by atoms with Crippen molar-refractivity contribution in [2.45, 2.75) is 11.8 Å². The summed E-state index contributed by atoms with van der Waals surface area (Å²) in [7, 11) is 0. The molecule has 1 saturated heterocycles. The van der Waals surface area contributed by atoms with Crippen molar-refractivity contribution in [2.75, 3.05) is 6.61 Å². The molecule has 0 aromatic rings. The van der Waals surface area contributed by atoms with Crippen molar-refractivity contribution in [2.24, 2.45) is 5.92 Å². The van der Waals surface area contributed by atoms with Gasteiger partial charge in [0.25, 0.3) is 0 Å². The highest BCUT2D eigenvalue weighted by Crippen LogP contribution is 2.44. The fourth-order valence-electron chi connectivity index (χ4n) is 1.43. The normalized spacial score (nSPS) is 46.5. The molecule has 11 heavy (non-hydrogen) atoms. The molecule has 0 aromatic carbocycles. The molecule has 2 aliphatic rings. The van der Waals surface area contributed by atoms with Crippen LogP contribution in [0.5, 0.6) is 0 Å². The van der Waals surface area contributed by atoms with Crippen LogP contribution in [0.15, 0.2) is 12.2 Å². The average Bonchev–Trinajstić information content (AvgIpc) is 2.12. The maximum atomic E-state index is 13.2. The van der Waals surface area contributed by atoms with E-state index in [1.807, 2.05) is 0 Å². The van der Waals surface area contributed by atoms with Crippen LogP contribution in [0, 0.1) is 5.92 Å². The Morgan fingerprint density at radius 1 is 1.82 bits per heavy atom. The minimum absolute atomic E-state index is 0.313. The quantitative estimate of drug-likeness (QED) is 0.424. The molecular weight excluding hydrogens is 151 g/mol. The van der Waals surface area contributed by atoms with Crippen molar-refractivity contribution in [3.63, 3.8) is 0 Å². The van der Waals surface area contributed by atoms with Crippen molar-refractivity contribution >= 4 is 5.97 Å². The molecule has 0 bridgehead atoms. The fourth-order valence-corrected chi connectivity index (χ4v) is 1.43. The molecule has 60 valence electrons. The molecule has 0 amide bonds. The number of aliphatic hydroxyl groups excluding tert-OH is 1. The highest BCUT2D eigenvalue weighted by Gasteiger charge is 2.60. The van der Waals surface area contributed by atoms with Gasteiger partial charge in [0.15, 0.2) is 0 Å². The summed E-state index contributed by atoms with van der Waals surface area (Å²) in [5.74, 6) is -1.44. The lowest BCUT2D eigenvalue weighted by Gasteiger charge is -2.26. The van der Waals surface area contributed by atoms with E-state index in [-0.39, 0.29) is 6.61 Å². The third-order valence-electron chi connectivity index (χ3n) is 2.18. The Kier molecular flexibility index (Phi) is 1.12. The molecule has 0 aromatic heterocycles. The molecular formula is C7H7FO3. The number of rotatable bonds is 1. The Labute approximate surface area is 62.5 Å². The number of hydrogen-bond donors (Lipinski definition) is 1. The van der Waals surface area contributed by atoms with Gasteiger partial charge >= 0.3 is 5.97 Å². The minimum atomic E-state index is -1.94. The second-order valence-electron chi connectivity index (χ2n) is 2.78. The van der Waals surface area contributed by atoms with Crippen molar-refractivity contribution < 1.29 is 19.0 Å². The van der Waals surface area contributed by atoms with E-state index in [0.717, 1.165) is 0 Å². The summed E-state index contributed by atoms with van der Waals surface area (Å²) in [6.45, 7) is -0.313. The van der Waals surface area contributed by atoms with Crippen molar-refractivity contribution in [3.05, 3.63) is 12.2 Å². The van der Waals surface area contributed by atoms with E-state index >= 15 is 0 Å². The van der Waals surface area contributed by atoms with Crippen LogP contribution in [-0.2, 0) is 9.53 Å². The van der Waals surface area contributed by atoms with Gasteiger partial charge in [-0.15, -0.1) is 0 Å². The number of cyclic esters (lactones) is 1. The van der Waals surface area contributed by atoms with Gasteiger partial charge in [0.1, 0.15) is 6.10 Å². The maximum Gasteiger partial charge on any atom is 0.349 e. The molecule has 4 heteroatoms. The Morgan fingerprint density at radius 3 is 2.82 bits per heavy atom. The van der Waals surface area contributed by atoms with Crippen LogP contribution in [0.2, 0.25) is 0 Å². The van der Waals surface area contributed by atoms with Crippen molar-refractivity contribution in [3.8, 4) is 0 Å². The first-order valence-electron chi connectivity index (χ1n) is 3.38. The lowest BCUT2D eigenvalue weighted by molar-refractivity contribution is -0.149. The zero-order valence-electron chi connectivity index (χ0n) is 5.66. The molecule has 0 unspecified atom stereocenters. The number of carbonyl (C=O) groups excluding carboxylic acids is 1. The van der Waals surface area contributed by atoms with Gasteiger partial charge in [-0.05, 0) is 6.08 Å². The molecule has 1 N–H and O–H groups in total. The molecule has 1 aliphatic carbocycles. The van der Waals surface area contributed by atoms with Gasteiger partial charge in [-0.3, -0.25) is 0 Å². The first kappa shape index (κ1) is 6.79. The van der Waals surface area contributed by atoms with Crippen LogP contribution in [0.1, 0.15) is 0 Å². The van der Waals surface area contributed by atoms with E-state index in [1.165, 1.54) is 6.08 Å². The Bertz CT molecular complexity index is 238. The summed E-state index contributed by atoms with van der Waals surface area (Å²) in [5.41, 5.74) is -1.94. The summed E-state index contributed by atoms with van der Waals surface area (Å²) in [6.07, 6.45) is 2.04. The predicted octanol–water partition coefficient (Wildman–Crippen LogP) is -0.202. The van der Waals surface area contributed by atoms with Crippen LogP contribution in [0.4, 0.5) is 4.39 Å². The average molecular weight is 158 g/mol. The van der Waals surface area contributed by atoms with Crippen LogP contribution >= 0.6 is 0 Å². The molecule has 1 aliphatic heterocycles. The van der Waals surface area contributed by atoms with Crippen molar-refractivity contribution in [1.82, 2.24) is 0 Å². The highest BCUT2D eigenvalue weighted by atomic mass is 19.1. The van der Waals surface area contributed by atoms with Gasteiger partial charge in [-0.1, -0.05) is 6.08 Å². The number of carbonyl (C=O) groups is 1. The summed E-state index contributed by atoms with van der Waals surface area (Å²) in [6, 6.07) is 0. The second-order valence-corrected chi connectivity index (χ2v) is 2.78. The molecule has 2 rings (SSSR count). The zero-order valence-corrected chi connectivity index (χ0v) is 5.66. The Balaban J connectivity index is 2.28. The number of esters is 1. The zero-order chi connectivity index (χ0) is 8.06. The van der Waals surface area contributed by atoms with Crippen LogP contribution in [-0.4, -0.2) is 29.5 Å². The van der Waals surface area contributed by atoms with Gasteiger partial charge in [0.05, 0.1) is 12.5 Å². The predicted molar refractivity (Wildman–Crippen MR) is 33.4 cm³/mol. The minimum Gasteiger partial charge on any atom is -0.457 e. The summed E-state index contributed by atoms with van der Waals surface area (Å²) in [4.78, 5) is 10.8. The van der Waals surface area contributed by atoms with E-state index in [1.54, 1.807) is 6.08 Å². The van der Waals surface area contributed by atoms with Gasteiger partial charge in [0, 0.05) is 0 Å². The third-order valence-corrected chi connectivity index (χ3v) is 2.18. The summed E-state index contributed by atoms with van der Waals surface area (Å²) < 4.78 is 17.8. The van der Waals surface area contributed by atoms with E-state index in [0.29, 0.717) is 0 Å². The second kappa shape index (κ2) is 1.82. The Hall–Kier alpha value is -0.900. The van der Waals surface area contributed by atoms with E-state index < -0.39 is 23.7 Å². The van der Waals surface area contributed by atoms with Gasteiger partial charge in [-0.2, -0.15) is 0 Å².